The fourth-order valence-electron chi connectivity index (χ4n) is 2.93. The Bertz CT molecular complexity index is 546. The highest BCUT2D eigenvalue weighted by molar-refractivity contribution is 7.19. The number of benzene rings is 1. The summed E-state index contributed by atoms with van der Waals surface area (Å²) in [5.74, 6) is 6.16. The van der Waals surface area contributed by atoms with Crippen LogP contribution in [-0.4, -0.2) is 0 Å². The minimum atomic E-state index is -0.176. The molecular formula is C14H17FN2S. The van der Waals surface area contributed by atoms with Crippen molar-refractivity contribution in [3.05, 3.63) is 35.0 Å². The lowest BCUT2D eigenvalue weighted by Crippen LogP contribution is -2.32. The topological polar surface area (TPSA) is 38.0 Å². The van der Waals surface area contributed by atoms with Gasteiger partial charge in [-0.2, -0.15) is 0 Å². The van der Waals surface area contributed by atoms with Gasteiger partial charge in [0.2, 0.25) is 0 Å². The monoisotopic (exact) mass is 264 g/mol. The zero-order valence-corrected chi connectivity index (χ0v) is 11.0. The van der Waals surface area contributed by atoms with Crippen molar-refractivity contribution < 1.29 is 4.39 Å². The summed E-state index contributed by atoms with van der Waals surface area (Å²) in [4.78, 5) is 1.23. The van der Waals surface area contributed by atoms with Gasteiger partial charge in [-0.1, -0.05) is 12.8 Å². The lowest BCUT2D eigenvalue weighted by Gasteiger charge is -2.20. The number of halogens is 1. The standard InChI is InChI=1S/C14H17FN2S/c15-11-5-6-12-10(7-11)8-13(18-12)14(17-16)9-3-1-2-4-9/h5-9,14,17H,1-4,16H2. The SMILES string of the molecule is NNC(c1cc2cc(F)ccc2s1)C1CCCC1. The number of nitrogens with two attached hydrogens (primary N) is 1. The molecule has 0 aliphatic heterocycles. The largest absolute Gasteiger partial charge is 0.271 e. The molecule has 1 unspecified atom stereocenters. The predicted molar refractivity (Wildman–Crippen MR) is 73.8 cm³/mol. The van der Waals surface area contributed by atoms with Gasteiger partial charge in [0.05, 0.1) is 6.04 Å². The second-order valence-corrected chi connectivity index (χ2v) is 6.14. The first kappa shape index (κ1) is 12.1. The van der Waals surface area contributed by atoms with Gasteiger partial charge in [-0.25, -0.2) is 4.39 Å². The molecule has 1 aromatic heterocycles. The van der Waals surface area contributed by atoms with Gasteiger partial charge < -0.3 is 0 Å². The molecule has 0 spiro atoms. The quantitative estimate of drug-likeness (QED) is 0.654. The van der Waals surface area contributed by atoms with E-state index in [2.05, 4.69) is 11.5 Å². The third-order valence-corrected chi connectivity index (χ3v) is 5.05. The Balaban J connectivity index is 1.96. The molecule has 1 aromatic carbocycles. The normalized spacial score (nSPS) is 18.6. The first-order valence-corrected chi connectivity index (χ1v) is 7.24. The molecule has 4 heteroatoms. The van der Waals surface area contributed by atoms with E-state index in [1.54, 1.807) is 17.4 Å². The van der Waals surface area contributed by atoms with Crippen molar-refractivity contribution in [3.8, 4) is 0 Å². The molecule has 3 rings (SSSR count). The first-order chi connectivity index (χ1) is 8.78. The summed E-state index contributed by atoms with van der Waals surface area (Å²) in [7, 11) is 0. The van der Waals surface area contributed by atoms with Crippen LogP contribution in [0.5, 0.6) is 0 Å². The van der Waals surface area contributed by atoms with E-state index < -0.39 is 0 Å². The summed E-state index contributed by atoms with van der Waals surface area (Å²) >= 11 is 1.72. The molecule has 1 heterocycles. The molecule has 18 heavy (non-hydrogen) atoms. The number of nitrogens with one attached hydrogen (secondary N) is 1. The molecule has 1 saturated carbocycles. The third-order valence-electron chi connectivity index (χ3n) is 3.85. The predicted octanol–water partition coefficient (Wildman–Crippen LogP) is 3.74. The molecule has 1 aliphatic rings. The Hall–Kier alpha value is -0.970. The van der Waals surface area contributed by atoms with Crippen molar-refractivity contribution in [1.29, 1.82) is 0 Å². The van der Waals surface area contributed by atoms with Crippen LogP contribution in [0.4, 0.5) is 4.39 Å². The minimum Gasteiger partial charge on any atom is -0.271 e. The van der Waals surface area contributed by atoms with Crippen LogP contribution in [0.1, 0.15) is 36.6 Å². The summed E-state index contributed by atoms with van der Waals surface area (Å²) in [6.45, 7) is 0. The summed E-state index contributed by atoms with van der Waals surface area (Å²) < 4.78 is 14.3. The number of hydrogen-bond donors (Lipinski definition) is 2. The van der Waals surface area contributed by atoms with E-state index in [4.69, 9.17) is 5.84 Å². The van der Waals surface area contributed by atoms with Gasteiger partial charge in [-0.05, 0) is 48.4 Å². The van der Waals surface area contributed by atoms with Crippen LogP contribution in [0.3, 0.4) is 0 Å². The fraction of sp³-hybridized carbons (Fsp3) is 0.429. The molecule has 1 aliphatic carbocycles. The van der Waals surface area contributed by atoms with Crippen LogP contribution in [0, 0.1) is 11.7 Å². The van der Waals surface area contributed by atoms with Crippen LogP contribution in [0.25, 0.3) is 10.1 Å². The Kier molecular flexibility index (Phi) is 3.33. The zero-order valence-electron chi connectivity index (χ0n) is 10.2. The van der Waals surface area contributed by atoms with Crippen molar-refractivity contribution in [1.82, 2.24) is 5.43 Å². The molecule has 0 amide bonds. The van der Waals surface area contributed by atoms with Crippen LogP contribution < -0.4 is 11.3 Å². The lowest BCUT2D eigenvalue weighted by atomic mass is 9.97. The molecular weight excluding hydrogens is 247 g/mol. The average Bonchev–Trinajstić information content (AvgIpc) is 2.98. The maximum atomic E-state index is 13.2. The van der Waals surface area contributed by atoms with Crippen molar-refractivity contribution in [2.75, 3.05) is 0 Å². The van der Waals surface area contributed by atoms with Crippen molar-refractivity contribution in [2.24, 2.45) is 11.8 Å². The molecule has 2 aromatic rings. The third kappa shape index (κ3) is 2.16. The maximum Gasteiger partial charge on any atom is 0.123 e. The summed E-state index contributed by atoms with van der Waals surface area (Å²) in [6, 6.07) is 7.25. The van der Waals surface area contributed by atoms with E-state index in [1.807, 2.05) is 6.07 Å². The first-order valence-electron chi connectivity index (χ1n) is 6.43. The Morgan fingerprint density at radius 3 is 2.78 bits per heavy atom. The molecule has 96 valence electrons. The Morgan fingerprint density at radius 1 is 1.28 bits per heavy atom. The number of rotatable bonds is 3. The summed E-state index contributed by atoms with van der Waals surface area (Å²) in [5, 5.41) is 0.980. The molecule has 1 fully saturated rings. The smallest absolute Gasteiger partial charge is 0.123 e. The lowest BCUT2D eigenvalue weighted by molar-refractivity contribution is 0.379. The Morgan fingerprint density at radius 2 is 2.06 bits per heavy atom. The van der Waals surface area contributed by atoms with Gasteiger partial charge in [0, 0.05) is 9.58 Å². The molecule has 0 saturated heterocycles. The second-order valence-electron chi connectivity index (χ2n) is 5.02. The van der Waals surface area contributed by atoms with Gasteiger partial charge in [0.15, 0.2) is 0 Å². The second kappa shape index (κ2) is 4.96. The van der Waals surface area contributed by atoms with Gasteiger partial charge in [-0.15, -0.1) is 11.3 Å². The van der Waals surface area contributed by atoms with Gasteiger partial charge in [-0.3, -0.25) is 11.3 Å². The highest BCUT2D eigenvalue weighted by Gasteiger charge is 2.26. The molecule has 0 radical (unpaired) electrons. The van der Waals surface area contributed by atoms with Crippen LogP contribution in [0.15, 0.2) is 24.3 Å². The van der Waals surface area contributed by atoms with Crippen molar-refractivity contribution in [3.63, 3.8) is 0 Å². The van der Waals surface area contributed by atoms with E-state index in [0.29, 0.717) is 5.92 Å². The zero-order chi connectivity index (χ0) is 12.5. The average molecular weight is 264 g/mol. The van der Waals surface area contributed by atoms with E-state index >= 15 is 0 Å². The van der Waals surface area contributed by atoms with Gasteiger partial charge in [0.1, 0.15) is 5.82 Å². The molecule has 1 atom stereocenters. The van der Waals surface area contributed by atoms with E-state index in [1.165, 1.54) is 36.6 Å². The number of thiophene rings is 1. The summed E-state index contributed by atoms with van der Waals surface area (Å²) in [6.07, 6.45) is 5.06. The van der Waals surface area contributed by atoms with Gasteiger partial charge >= 0.3 is 0 Å². The maximum absolute atomic E-state index is 13.2. The summed E-state index contributed by atoms with van der Waals surface area (Å²) in [5.41, 5.74) is 2.95. The fourth-order valence-corrected chi connectivity index (χ4v) is 4.13. The number of hydrazine groups is 1. The van der Waals surface area contributed by atoms with E-state index in [9.17, 15) is 4.39 Å². The van der Waals surface area contributed by atoms with Crippen LogP contribution in [-0.2, 0) is 0 Å². The Labute approximate surface area is 110 Å². The minimum absolute atomic E-state index is 0.176. The van der Waals surface area contributed by atoms with Crippen LogP contribution in [0.2, 0.25) is 0 Å². The van der Waals surface area contributed by atoms with E-state index in [0.717, 1.165) is 10.1 Å². The van der Waals surface area contributed by atoms with Crippen molar-refractivity contribution >= 4 is 21.4 Å². The van der Waals surface area contributed by atoms with Crippen molar-refractivity contribution in [2.45, 2.75) is 31.7 Å². The van der Waals surface area contributed by atoms with E-state index in [-0.39, 0.29) is 11.9 Å². The molecule has 3 N–H and O–H groups in total. The molecule has 0 bridgehead atoms. The highest BCUT2D eigenvalue weighted by atomic mass is 32.1. The molecule has 2 nitrogen and oxygen atoms in total. The number of hydrogen-bond acceptors (Lipinski definition) is 3. The van der Waals surface area contributed by atoms with Crippen LogP contribution >= 0.6 is 11.3 Å². The highest BCUT2D eigenvalue weighted by Crippen LogP contribution is 2.39. The van der Waals surface area contributed by atoms with Gasteiger partial charge in [0.25, 0.3) is 0 Å². The number of fused-ring (bicyclic) bond motifs is 1.